The van der Waals surface area contributed by atoms with Crippen molar-refractivity contribution in [3.63, 3.8) is 0 Å². The highest BCUT2D eigenvalue weighted by molar-refractivity contribution is 6.37. The van der Waals surface area contributed by atoms with Crippen LogP contribution >= 0.6 is 46.4 Å². The number of hydrogen-bond donors (Lipinski definition) is 4. The van der Waals surface area contributed by atoms with Crippen molar-refractivity contribution in [1.82, 2.24) is 0 Å². The highest BCUT2D eigenvalue weighted by atomic mass is 35.5. The van der Waals surface area contributed by atoms with Crippen molar-refractivity contribution in [2.75, 3.05) is 0 Å². The largest absolute Gasteiger partial charge is 0.508 e. The number of halogens is 4. The van der Waals surface area contributed by atoms with Crippen molar-refractivity contribution in [3.8, 4) is 23.0 Å². The summed E-state index contributed by atoms with van der Waals surface area (Å²) >= 11 is 24.1. The summed E-state index contributed by atoms with van der Waals surface area (Å²) in [5, 5.41) is 41.2. The van der Waals surface area contributed by atoms with Crippen molar-refractivity contribution < 1.29 is 20.4 Å². The van der Waals surface area contributed by atoms with Crippen LogP contribution in [0, 0.1) is 13.8 Å². The lowest BCUT2D eigenvalue weighted by Crippen LogP contribution is -2.23. The molecule has 0 saturated carbocycles. The summed E-state index contributed by atoms with van der Waals surface area (Å²) in [7, 11) is 0. The lowest BCUT2D eigenvalue weighted by molar-refractivity contribution is 0.452. The summed E-state index contributed by atoms with van der Waals surface area (Å²) in [6, 6.07) is 15.1. The van der Waals surface area contributed by atoms with Gasteiger partial charge in [0.25, 0.3) is 0 Å². The molecule has 52 heavy (non-hydrogen) atoms. The lowest BCUT2D eigenvalue weighted by atomic mass is 9.70. The van der Waals surface area contributed by atoms with Crippen LogP contribution in [-0.4, -0.2) is 20.4 Å². The number of rotatable bonds is 11. The third-order valence-corrected chi connectivity index (χ3v) is 12.5. The molecular weight excluding hydrogens is 734 g/mol. The summed E-state index contributed by atoms with van der Waals surface area (Å²) in [4.78, 5) is 0. The van der Waals surface area contributed by atoms with E-state index in [-0.39, 0.29) is 48.3 Å². The molecule has 0 aliphatic rings. The van der Waals surface area contributed by atoms with Gasteiger partial charge in [0.15, 0.2) is 11.5 Å². The maximum absolute atomic E-state index is 10.5. The van der Waals surface area contributed by atoms with Gasteiger partial charge in [-0.05, 0) is 131 Å². The topological polar surface area (TPSA) is 80.9 Å². The molecule has 0 aromatic heterocycles. The average Bonchev–Trinajstić information content (AvgIpc) is 3.09. The van der Waals surface area contributed by atoms with Gasteiger partial charge in [0.2, 0.25) is 0 Å². The third-order valence-electron chi connectivity index (χ3n) is 11.3. The highest BCUT2D eigenvalue weighted by Crippen LogP contribution is 2.47. The predicted molar refractivity (Wildman–Crippen MR) is 222 cm³/mol. The normalized spacial score (nSPS) is 12.2. The van der Waals surface area contributed by atoms with Crippen molar-refractivity contribution in [2.45, 2.75) is 130 Å². The number of aromatic hydroxyl groups is 4. The first-order valence-corrected chi connectivity index (χ1v) is 19.7. The van der Waals surface area contributed by atoms with Gasteiger partial charge in [0.1, 0.15) is 11.5 Å². The quantitative estimate of drug-likeness (QED) is 0.122. The second-order valence-electron chi connectivity index (χ2n) is 15.5. The minimum Gasteiger partial charge on any atom is -0.508 e. The third kappa shape index (κ3) is 9.12. The van der Waals surface area contributed by atoms with E-state index in [0.717, 1.165) is 47.9 Å². The van der Waals surface area contributed by atoms with Crippen molar-refractivity contribution in [3.05, 3.63) is 113 Å². The van der Waals surface area contributed by atoms with Gasteiger partial charge in [0, 0.05) is 11.3 Å². The molecule has 0 spiro atoms. The molecule has 0 atom stereocenters. The smallest absolute Gasteiger partial charge is 0.152 e. The number of hydrogen-bond acceptors (Lipinski definition) is 4. The zero-order chi connectivity index (χ0) is 39.5. The van der Waals surface area contributed by atoms with Gasteiger partial charge in [-0.1, -0.05) is 127 Å². The summed E-state index contributed by atoms with van der Waals surface area (Å²) in [5.74, 6) is 0.693. The van der Waals surface area contributed by atoms with E-state index in [4.69, 9.17) is 46.4 Å². The molecule has 0 amide bonds. The summed E-state index contributed by atoms with van der Waals surface area (Å²) in [6.45, 7) is 23.7. The second kappa shape index (κ2) is 17.1. The SMILES string of the molecule is CCC(C)(c1cc(Cl)c(O)c(Cl)c1)c1cc(Cl)c(O)c(Cl)c1.CCCC(c1cc(C)c(O)cc1C(C)(C)CC)c1cc(C)c(O)cc1C(C)(C)CC. The van der Waals surface area contributed by atoms with E-state index in [1.165, 1.54) is 22.3 Å². The molecule has 0 radical (unpaired) electrons. The second-order valence-corrected chi connectivity index (χ2v) is 17.2. The van der Waals surface area contributed by atoms with Crippen LogP contribution in [0.3, 0.4) is 0 Å². The molecule has 4 nitrogen and oxygen atoms in total. The Labute approximate surface area is 331 Å². The van der Waals surface area contributed by atoms with E-state index >= 15 is 0 Å². The lowest BCUT2D eigenvalue weighted by Gasteiger charge is -2.34. The highest BCUT2D eigenvalue weighted by Gasteiger charge is 2.32. The standard InChI is InChI=1S/C28H42O2.C16H14Cl4O2/c1-10-13-20(21-14-18(4)25(29)16-23(21)27(6,7)11-2)22-15-19(5)26(30)17-24(22)28(8,9)12-3;1-3-16(2,8-4-10(17)14(21)11(18)5-8)9-6-12(19)15(22)13(20)7-9/h14-17,20,29-30H,10-13H2,1-9H3;4-7,21-22H,3H2,1-2H3. The van der Waals surface area contributed by atoms with Gasteiger partial charge in [-0.25, -0.2) is 0 Å². The van der Waals surface area contributed by atoms with Gasteiger partial charge in [-0.2, -0.15) is 0 Å². The van der Waals surface area contributed by atoms with E-state index in [1.54, 1.807) is 24.3 Å². The molecule has 4 aromatic rings. The first-order chi connectivity index (χ1) is 24.1. The van der Waals surface area contributed by atoms with E-state index in [2.05, 4.69) is 60.6 Å². The molecule has 0 aliphatic heterocycles. The van der Waals surface area contributed by atoms with Gasteiger partial charge < -0.3 is 20.4 Å². The van der Waals surface area contributed by atoms with Gasteiger partial charge in [-0.3, -0.25) is 0 Å². The molecule has 8 heteroatoms. The summed E-state index contributed by atoms with van der Waals surface area (Å²) < 4.78 is 0. The maximum atomic E-state index is 10.5. The zero-order valence-corrected chi connectivity index (χ0v) is 35.6. The summed E-state index contributed by atoms with van der Waals surface area (Å²) in [5.41, 5.74) is 8.05. The van der Waals surface area contributed by atoms with E-state index in [1.807, 2.05) is 39.8 Å². The first kappa shape index (κ1) is 43.6. The van der Waals surface area contributed by atoms with Crippen LogP contribution in [0.4, 0.5) is 0 Å². The minimum atomic E-state index is -0.484. The van der Waals surface area contributed by atoms with E-state index in [0.29, 0.717) is 17.9 Å². The Kier molecular flexibility index (Phi) is 14.4. The Morgan fingerprint density at radius 3 is 1.12 bits per heavy atom. The van der Waals surface area contributed by atoms with Gasteiger partial charge >= 0.3 is 0 Å². The maximum Gasteiger partial charge on any atom is 0.152 e. The van der Waals surface area contributed by atoms with Gasteiger partial charge in [0.05, 0.1) is 20.1 Å². The molecule has 0 bridgehead atoms. The first-order valence-electron chi connectivity index (χ1n) is 18.1. The van der Waals surface area contributed by atoms with E-state index < -0.39 is 5.41 Å². The predicted octanol–water partition coefficient (Wildman–Crippen LogP) is 14.4. The Hall–Kier alpha value is -2.76. The van der Waals surface area contributed by atoms with E-state index in [9.17, 15) is 20.4 Å². The number of aryl methyl sites for hydroxylation is 2. The summed E-state index contributed by atoms with van der Waals surface area (Å²) in [6.07, 6.45) is 4.82. The molecular formula is C44H56Cl4O4. The Morgan fingerprint density at radius 2 is 0.846 bits per heavy atom. The van der Waals surface area contributed by atoms with Crippen molar-refractivity contribution in [2.24, 2.45) is 0 Å². The van der Waals surface area contributed by atoms with Crippen molar-refractivity contribution >= 4 is 46.4 Å². The average molecular weight is 791 g/mol. The van der Waals surface area contributed by atoms with Crippen LogP contribution in [0.25, 0.3) is 0 Å². The minimum absolute atomic E-state index is 0.0289. The Morgan fingerprint density at radius 1 is 0.519 bits per heavy atom. The number of benzene rings is 4. The van der Waals surface area contributed by atoms with Crippen LogP contribution in [0.1, 0.15) is 145 Å². The number of phenolic OH excluding ortho intramolecular Hbond substituents is 4. The Bertz CT molecular complexity index is 1720. The molecule has 0 aliphatic carbocycles. The fraction of sp³-hybridized carbons (Fsp3) is 0.455. The van der Waals surface area contributed by atoms with Crippen LogP contribution < -0.4 is 0 Å². The van der Waals surface area contributed by atoms with Gasteiger partial charge in [-0.15, -0.1) is 0 Å². The molecule has 4 N–H and O–H groups in total. The molecule has 0 unspecified atom stereocenters. The molecule has 4 rings (SSSR count). The van der Waals surface area contributed by atoms with Crippen LogP contribution in [0.5, 0.6) is 23.0 Å². The molecule has 0 heterocycles. The molecule has 0 saturated heterocycles. The number of phenols is 4. The Balaban J connectivity index is 0.000000294. The fourth-order valence-corrected chi connectivity index (χ4v) is 7.65. The zero-order valence-electron chi connectivity index (χ0n) is 32.5. The monoisotopic (exact) mass is 788 g/mol. The molecule has 284 valence electrons. The molecule has 0 fully saturated rings. The van der Waals surface area contributed by atoms with Crippen LogP contribution in [0.15, 0.2) is 48.5 Å². The van der Waals surface area contributed by atoms with Crippen molar-refractivity contribution in [1.29, 1.82) is 0 Å². The van der Waals surface area contributed by atoms with Crippen LogP contribution in [-0.2, 0) is 16.2 Å². The molecule has 4 aromatic carbocycles. The van der Waals surface area contributed by atoms with Crippen LogP contribution in [0.2, 0.25) is 20.1 Å². The fourth-order valence-electron chi connectivity index (χ4n) is 6.68.